The maximum Gasteiger partial charge on any atom is 0.227 e. The maximum absolute atomic E-state index is 14.2. The molecule has 26 heavy (non-hydrogen) atoms. The predicted molar refractivity (Wildman–Crippen MR) is 93.7 cm³/mol. The van der Waals surface area contributed by atoms with E-state index in [0.717, 1.165) is 18.1 Å². The Morgan fingerprint density at radius 2 is 1.81 bits per heavy atom. The fourth-order valence-electron chi connectivity index (χ4n) is 2.21. The van der Waals surface area contributed by atoms with E-state index in [2.05, 4.69) is 9.22 Å². The minimum Gasteiger partial charge on any atom is -0.305 e. The van der Waals surface area contributed by atoms with Gasteiger partial charge in [0, 0.05) is 17.0 Å². The molecule has 1 amide bonds. The van der Waals surface area contributed by atoms with E-state index in [1.54, 1.807) is 6.92 Å². The van der Waals surface area contributed by atoms with Gasteiger partial charge in [-0.2, -0.15) is 4.33 Å². The molecule has 0 N–H and O–H groups in total. The number of amides is 1. The van der Waals surface area contributed by atoms with Gasteiger partial charge in [0.1, 0.15) is 11.6 Å². The lowest BCUT2D eigenvalue weighted by Gasteiger charge is -2.22. The first-order chi connectivity index (χ1) is 12.5. The molecule has 0 spiro atoms. The van der Waals surface area contributed by atoms with Crippen molar-refractivity contribution >= 4 is 29.4 Å². The summed E-state index contributed by atoms with van der Waals surface area (Å²) in [5, 5.41) is 0. The maximum atomic E-state index is 14.2. The minimum atomic E-state index is -0.734. The van der Waals surface area contributed by atoms with Crippen LogP contribution in [0.15, 0.2) is 47.4 Å². The number of anilines is 1. The van der Waals surface area contributed by atoms with Gasteiger partial charge < -0.3 is 4.90 Å². The second kappa shape index (κ2) is 9.42. The van der Waals surface area contributed by atoms with Crippen molar-refractivity contribution in [2.75, 3.05) is 18.6 Å². The lowest BCUT2D eigenvalue weighted by atomic mass is 10.1. The number of Topliss-reactive ketones (excluding diaryl/α,β-unsaturated/α-hetero) is 1. The zero-order chi connectivity index (χ0) is 19.1. The number of nitrogens with zero attached hydrogens (tertiary/aromatic N) is 1. The van der Waals surface area contributed by atoms with Gasteiger partial charge in [-0.05, 0) is 42.5 Å². The summed E-state index contributed by atoms with van der Waals surface area (Å²) in [7, 11) is 1.32. The lowest BCUT2D eigenvalue weighted by molar-refractivity contribution is -0.160. The Bertz CT molecular complexity index is 783. The standard InChI is InChI=1S/C18H17F2NO4S/c1-3-18(23)21(13-6-4-12(19)5-7-13)11-17(22)15-9-8-14(10-16(15)20)26-25-24-2/h4-10H,3,11H2,1-2H3. The summed E-state index contributed by atoms with van der Waals surface area (Å²) in [4.78, 5) is 30.7. The average Bonchev–Trinajstić information content (AvgIpc) is 2.64. The molecule has 0 radical (unpaired) electrons. The molecule has 2 aromatic carbocycles. The third-order valence-corrected chi connectivity index (χ3v) is 4.13. The highest BCUT2D eigenvalue weighted by Gasteiger charge is 2.21. The molecular formula is C18H17F2NO4S. The van der Waals surface area contributed by atoms with Gasteiger partial charge in [0.2, 0.25) is 5.91 Å². The highest BCUT2D eigenvalue weighted by molar-refractivity contribution is 7.94. The average molecular weight is 381 g/mol. The summed E-state index contributed by atoms with van der Waals surface area (Å²) >= 11 is 0.802. The number of ketones is 1. The Morgan fingerprint density at radius 1 is 1.12 bits per heavy atom. The minimum absolute atomic E-state index is 0.150. The van der Waals surface area contributed by atoms with E-state index in [1.165, 1.54) is 48.4 Å². The third-order valence-electron chi connectivity index (χ3n) is 3.48. The van der Waals surface area contributed by atoms with Crippen LogP contribution < -0.4 is 4.90 Å². The van der Waals surface area contributed by atoms with Crippen LogP contribution in [0.3, 0.4) is 0 Å². The van der Waals surface area contributed by atoms with Crippen LogP contribution in [0.2, 0.25) is 0 Å². The molecule has 0 bridgehead atoms. The van der Waals surface area contributed by atoms with Gasteiger partial charge in [0.05, 0.1) is 31.3 Å². The largest absolute Gasteiger partial charge is 0.305 e. The van der Waals surface area contributed by atoms with Crippen molar-refractivity contribution in [3.05, 3.63) is 59.7 Å². The summed E-state index contributed by atoms with van der Waals surface area (Å²) < 4.78 is 32.0. The second-order valence-electron chi connectivity index (χ2n) is 5.19. The fraction of sp³-hybridized carbons (Fsp3) is 0.222. The van der Waals surface area contributed by atoms with Crippen LogP contribution in [0.5, 0.6) is 0 Å². The van der Waals surface area contributed by atoms with Crippen LogP contribution >= 0.6 is 12.0 Å². The second-order valence-corrected chi connectivity index (χ2v) is 5.97. The van der Waals surface area contributed by atoms with Crippen LogP contribution in [-0.4, -0.2) is 25.3 Å². The smallest absolute Gasteiger partial charge is 0.227 e. The summed E-state index contributed by atoms with van der Waals surface area (Å²) in [5.74, 6) is -2.09. The van der Waals surface area contributed by atoms with E-state index in [9.17, 15) is 18.4 Å². The van der Waals surface area contributed by atoms with Gasteiger partial charge in [-0.15, -0.1) is 0 Å². The molecule has 0 aliphatic heterocycles. The monoisotopic (exact) mass is 381 g/mol. The molecule has 0 saturated carbocycles. The van der Waals surface area contributed by atoms with Crippen molar-refractivity contribution in [1.29, 1.82) is 0 Å². The molecule has 0 aliphatic rings. The molecule has 2 aromatic rings. The number of rotatable bonds is 8. The molecule has 0 aliphatic carbocycles. The van der Waals surface area contributed by atoms with Gasteiger partial charge in [0.25, 0.3) is 0 Å². The summed E-state index contributed by atoms with van der Waals surface area (Å²) in [5.41, 5.74) is 0.218. The molecule has 0 fully saturated rings. The highest BCUT2D eigenvalue weighted by Crippen LogP contribution is 2.23. The van der Waals surface area contributed by atoms with Crippen LogP contribution in [0.1, 0.15) is 23.7 Å². The lowest BCUT2D eigenvalue weighted by Crippen LogP contribution is -2.35. The van der Waals surface area contributed by atoms with Crippen molar-refractivity contribution in [3.63, 3.8) is 0 Å². The topological polar surface area (TPSA) is 55.8 Å². The molecule has 2 rings (SSSR count). The van der Waals surface area contributed by atoms with Gasteiger partial charge in [0.15, 0.2) is 5.78 Å². The van der Waals surface area contributed by atoms with Gasteiger partial charge in [-0.3, -0.25) is 9.59 Å². The SMILES string of the molecule is CCC(=O)N(CC(=O)c1ccc(SOOC)cc1F)c1ccc(F)cc1. The van der Waals surface area contributed by atoms with Crippen molar-refractivity contribution in [2.45, 2.75) is 18.2 Å². The first kappa shape index (κ1) is 20.0. The molecule has 0 heterocycles. The Morgan fingerprint density at radius 3 is 2.38 bits per heavy atom. The molecular weight excluding hydrogens is 364 g/mol. The van der Waals surface area contributed by atoms with E-state index in [1.807, 2.05) is 0 Å². The molecule has 8 heteroatoms. The molecule has 0 unspecified atom stereocenters. The van der Waals surface area contributed by atoms with E-state index >= 15 is 0 Å². The van der Waals surface area contributed by atoms with Crippen LogP contribution in [0, 0.1) is 11.6 Å². The normalized spacial score (nSPS) is 10.6. The Balaban J connectivity index is 2.21. The Hall–Kier alpha value is -2.29. The van der Waals surface area contributed by atoms with Crippen molar-refractivity contribution in [2.24, 2.45) is 0 Å². The Kier molecular flexibility index (Phi) is 7.26. The first-order valence-electron chi connectivity index (χ1n) is 7.72. The van der Waals surface area contributed by atoms with Crippen molar-refractivity contribution in [3.8, 4) is 0 Å². The first-order valence-corrected chi connectivity index (χ1v) is 8.46. The number of hydrogen-bond donors (Lipinski definition) is 0. The summed E-state index contributed by atoms with van der Waals surface area (Å²) in [6, 6.07) is 9.14. The fourth-order valence-corrected chi connectivity index (χ4v) is 2.63. The van der Waals surface area contributed by atoms with Crippen molar-refractivity contribution < 1.29 is 27.6 Å². The predicted octanol–water partition coefficient (Wildman–Crippen LogP) is 4.18. The van der Waals surface area contributed by atoms with Gasteiger partial charge >= 0.3 is 0 Å². The van der Waals surface area contributed by atoms with Gasteiger partial charge in [-0.25, -0.2) is 13.7 Å². The van der Waals surface area contributed by atoms with E-state index in [-0.39, 0.29) is 24.4 Å². The van der Waals surface area contributed by atoms with Crippen LogP contribution in [0.25, 0.3) is 0 Å². The number of halogens is 2. The summed E-state index contributed by atoms with van der Waals surface area (Å²) in [6.07, 6.45) is 0.150. The Labute approximate surface area is 154 Å². The summed E-state index contributed by atoms with van der Waals surface area (Å²) in [6.45, 7) is 1.29. The van der Waals surface area contributed by atoms with E-state index in [0.29, 0.717) is 10.6 Å². The van der Waals surface area contributed by atoms with E-state index in [4.69, 9.17) is 0 Å². The number of hydrogen-bond acceptors (Lipinski definition) is 5. The van der Waals surface area contributed by atoms with Gasteiger partial charge in [-0.1, -0.05) is 6.92 Å². The van der Waals surface area contributed by atoms with Crippen LogP contribution in [-0.2, 0) is 14.0 Å². The number of benzene rings is 2. The molecule has 5 nitrogen and oxygen atoms in total. The molecule has 0 saturated heterocycles. The quantitative estimate of drug-likeness (QED) is 0.297. The number of carbonyl (C=O) groups excluding carboxylic acids is 2. The van der Waals surface area contributed by atoms with E-state index < -0.39 is 17.4 Å². The van der Waals surface area contributed by atoms with Crippen LogP contribution in [0.4, 0.5) is 14.5 Å². The zero-order valence-corrected chi connectivity index (χ0v) is 15.0. The molecule has 0 atom stereocenters. The number of carbonyl (C=O) groups is 2. The third kappa shape index (κ3) is 5.10. The highest BCUT2D eigenvalue weighted by atomic mass is 32.2. The zero-order valence-electron chi connectivity index (χ0n) is 14.2. The van der Waals surface area contributed by atoms with Crippen molar-refractivity contribution in [1.82, 2.24) is 0 Å². The molecule has 138 valence electrons. The molecule has 0 aromatic heterocycles.